The van der Waals surface area contributed by atoms with Gasteiger partial charge < -0.3 is 172 Å². The number of amides is 18. The first-order valence-corrected chi connectivity index (χ1v) is 49.5. The van der Waals surface area contributed by atoms with E-state index in [4.69, 9.17) is 72.9 Å². The van der Waals surface area contributed by atoms with Crippen LogP contribution in [-0.4, -0.2) is 306 Å². The van der Waals surface area contributed by atoms with Gasteiger partial charge in [-0.1, -0.05) is 66.7 Å². The van der Waals surface area contributed by atoms with E-state index in [0.29, 0.717) is 16.7 Å². The zero-order valence-corrected chi connectivity index (χ0v) is 84.1. The Hall–Kier alpha value is -15.7. The van der Waals surface area contributed by atoms with Gasteiger partial charge in [0.15, 0.2) is 29.8 Å². The number of carbonyl (C=O) groups excluding carboxylic acids is 16. The Bertz CT molecular complexity index is 5190. The summed E-state index contributed by atoms with van der Waals surface area (Å²) >= 11 is 8.68. The van der Waals surface area contributed by atoms with E-state index in [-0.39, 0.29) is 230 Å². The van der Waals surface area contributed by atoms with E-state index in [1.165, 1.54) is 55.5 Å². The number of carbonyl (C=O) groups is 17. The second kappa shape index (κ2) is 65.7. The van der Waals surface area contributed by atoms with Gasteiger partial charge in [-0.05, 0) is 180 Å². The summed E-state index contributed by atoms with van der Waals surface area (Å²) in [4.78, 5) is 243. The molecule has 0 aromatic heterocycles. The fourth-order valence-electron chi connectivity index (χ4n) is 15.7. The molecule has 5 rings (SSSR count). The van der Waals surface area contributed by atoms with Crippen molar-refractivity contribution >= 4 is 167 Å². The summed E-state index contributed by atoms with van der Waals surface area (Å²) in [6.45, 7) is 0.989. The minimum absolute atomic E-state index is 0.0112. The lowest BCUT2D eigenvalue weighted by molar-refractivity contribution is -0.142. The van der Waals surface area contributed by atoms with Crippen molar-refractivity contribution in [1.29, 1.82) is 27.0 Å². The van der Waals surface area contributed by atoms with Crippen LogP contribution in [0.2, 0.25) is 0 Å². The molecule has 0 aliphatic carbocycles. The molecule has 0 saturated carbocycles. The highest BCUT2D eigenvalue weighted by Crippen LogP contribution is 2.24. The molecule has 0 unspecified atom stereocenters. The smallest absolute Gasteiger partial charge is 0.326 e. The number of benzene rings is 4. The number of thiol groups is 2. The molecule has 54 nitrogen and oxygen atoms in total. The van der Waals surface area contributed by atoms with Crippen LogP contribution < -0.4 is 152 Å². The highest BCUT2D eigenvalue weighted by atomic mass is 32.1. The second-order valence-corrected chi connectivity index (χ2v) is 35.8. The Morgan fingerprint density at radius 1 is 0.338 bits per heavy atom. The number of primary amides is 2. The number of aromatic hydroxyl groups is 2. The maximum absolute atomic E-state index is 15.5. The summed E-state index contributed by atoms with van der Waals surface area (Å²) in [5, 5.41) is 122. The van der Waals surface area contributed by atoms with Crippen molar-refractivity contribution in [1.82, 2.24) is 111 Å². The van der Waals surface area contributed by atoms with E-state index < -0.39 is 209 Å². The summed E-state index contributed by atoms with van der Waals surface area (Å²) < 4.78 is 0. The van der Waals surface area contributed by atoms with E-state index in [2.05, 4.69) is 132 Å². The van der Waals surface area contributed by atoms with Crippen LogP contribution in [0, 0.1) is 27.0 Å². The topological polar surface area (TPSA) is 922 Å². The number of hydrogen-bond acceptors (Lipinski definition) is 27. The summed E-state index contributed by atoms with van der Waals surface area (Å²) in [5.74, 6) is -17.9. The van der Waals surface area contributed by atoms with Gasteiger partial charge in [-0.25, -0.2) is 14.4 Å². The number of rotatable bonds is 67. The van der Waals surface area contributed by atoms with E-state index in [9.17, 15) is 58.5 Å². The number of fused-ring (bicyclic) bond motifs is 1. The van der Waals surface area contributed by atoms with Crippen molar-refractivity contribution in [3.63, 3.8) is 0 Å². The number of unbranched alkanes of at least 4 members (excludes halogenated alkanes) is 1. The molecule has 1 fully saturated rings. The quantitative estimate of drug-likeness (QED) is 0.00845. The third kappa shape index (κ3) is 46.6. The molecular weight excluding hydrogens is 1970 g/mol. The van der Waals surface area contributed by atoms with Crippen LogP contribution in [0.25, 0.3) is 10.8 Å². The molecule has 56 heteroatoms. The van der Waals surface area contributed by atoms with Gasteiger partial charge in [0.05, 0.1) is 0 Å². The Morgan fingerprint density at radius 2 is 0.615 bits per heavy atom. The minimum atomic E-state index is -1.68. The lowest BCUT2D eigenvalue weighted by Crippen LogP contribution is -2.61. The van der Waals surface area contributed by atoms with Crippen LogP contribution in [0.5, 0.6) is 11.5 Å². The van der Waals surface area contributed by atoms with Gasteiger partial charge in [-0.3, -0.25) is 94.2 Å². The van der Waals surface area contributed by atoms with Crippen molar-refractivity contribution in [3.8, 4) is 11.5 Å². The molecule has 1 aliphatic heterocycles. The zero-order chi connectivity index (χ0) is 109. The zero-order valence-electron chi connectivity index (χ0n) is 82.3. The largest absolute Gasteiger partial charge is 0.508 e. The third-order valence-corrected chi connectivity index (χ3v) is 24.0. The Kier molecular flexibility index (Phi) is 54.5. The predicted octanol–water partition coefficient (Wildman–Crippen LogP) is -7.12. The van der Waals surface area contributed by atoms with Gasteiger partial charge in [0.1, 0.15) is 96.1 Å². The first kappa shape index (κ1) is 123. The fraction of sp³-hybridized carbons (Fsp3) is 0.522. The number of hydrogen-bond donors (Lipinski definition) is 38. The first-order chi connectivity index (χ1) is 70.4. The van der Waals surface area contributed by atoms with Crippen LogP contribution in [0.4, 0.5) is 9.59 Å². The number of carboxylic acid groups (broad SMARTS) is 1. The van der Waals surface area contributed by atoms with Crippen LogP contribution in [0.1, 0.15) is 146 Å². The molecule has 4 aromatic carbocycles. The predicted molar refractivity (Wildman–Crippen MR) is 554 cm³/mol. The number of phenols is 2. The Balaban J connectivity index is 1.50. The molecule has 814 valence electrons. The molecular formula is C92H144N34O20S2. The van der Waals surface area contributed by atoms with Gasteiger partial charge >= 0.3 is 18.0 Å². The molecule has 14 atom stereocenters. The van der Waals surface area contributed by atoms with Gasteiger partial charge in [-0.15, -0.1) is 0 Å². The maximum atomic E-state index is 15.5. The Morgan fingerprint density at radius 3 is 0.953 bits per heavy atom. The molecule has 1 aliphatic rings. The molecule has 148 heavy (non-hydrogen) atoms. The van der Waals surface area contributed by atoms with E-state index in [1.54, 1.807) is 24.3 Å². The SMILES string of the molecule is CC(=O)N[C@@H](CCCNC(=N)N)C(=O)N[C@@H](CCCNC(=N)N)C(=O)N[C@@H](Cc1ccc2ccccc2c1)C(=O)N[C@@H](CS)C(=O)N[C@@H](Cc1ccc(O)cc1)C(=O)N[C@@H](CCCNC(=N)N)C(=O)N[C@@H](CCCCN)C(=O)N[C@H](CCCNC(N)=O)C(=O)N1CCC[C@H]1C(=O)N[C@@H](Cc1ccc(O)cc1)C(=O)N[C@@H](CCCNC(=N)N)C(=O)N[C@@H](CCCNC(N)=O)C(=O)N[C@@H](CS)C(=O)N[C@@H](CCCNC(=N)N)C(=O)O. The lowest BCUT2D eigenvalue weighted by Gasteiger charge is -2.31. The van der Waals surface area contributed by atoms with Gasteiger partial charge in [0, 0.05) is 90.0 Å². The summed E-state index contributed by atoms with van der Waals surface area (Å²) in [6, 6.07) is -0.0656. The lowest BCUT2D eigenvalue weighted by atomic mass is 10.00. The van der Waals surface area contributed by atoms with Crippen LogP contribution in [0.3, 0.4) is 0 Å². The van der Waals surface area contributed by atoms with E-state index >= 15 is 38.4 Å². The van der Waals surface area contributed by atoms with Crippen molar-refractivity contribution in [2.75, 3.05) is 70.4 Å². The average molecular weight is 2110 g/mol. The number of nitrogens with zero attached hydrogens (tertiary/aromatic N) is 1. The van der Waals surface area contributed by atoms with Crippen molar-refractivity contribution in [2.24, 2.45) is 45.9 Å². The van der Waals surface area contributed by atoms with Gasteiger partial charge in [0.25, 0.3) is 0 Å². The summed E-state index contributed by atoms with van der Waals surface area (Å²) in [5.41, 5.74) is 45.5. The molecule has 1 saturated heterocycles. The molecule has 18 amide bonds. The molecule has 0 radical (unpaired) electrons. The standard InChI is InChI=1S/C92H144N34O20S2/c1-50(127)113-58(17-6-36-106-86(94)95)72(130)115-62(20-9-39-109-89(100)101)76(134)121-68(47-53-25-30-54-14-2-3-15-55(54)44-53)80(138)125-70(49-148)82(140)122-66(45-51-26-31-56(128)32-27-51)78(136)117-60(18-7-37-107-87(96)97)73(131)114-59(16-4-5-35-93)75(133)119-64(22-11-42-112-92(105)146)84(142)126-43-13-24-71(126)83(141)123-67(46-52-28-33-57(129)34-29-52)79(137)118-61(19-8-38-108-88(98)99)74(132)116-63(21-10-41-111-91(104)145)77(135)124-69(48-147)81(139)120-65(85(143)144)23-12-40-110-90(102)103/h2-3,14-15,25-34,44,58-71,128-129,147-148H,4-13,16-24,35-43,45-49,93H2,1H3,(H,113,127)(H,114,131)(H,115,130)(H,116,132)(H,117,136)(H,118,137)(H,119,133)(H,120,139)(H,121,134)(H,122,140)(H,123,141)(H,124,135)(H,125,138)(H,143,144)(H4,94,95,106)(H4,96,97,107)(H4,98,99,108)(H4,100,101,109)(H4,102,103,110)(H3,104,111,145)(H3,105,112,146)/t58-,59-,60-,61-,62-,63-,64+,65-,66-,67-,68-,69-,70-,71-/m0/s1. The Labute approximate surface area is 865 Å². The van der Waals surface area contributed by atoms with Crippen LogP contribution in [0.15, 0.2) is 91.0 Å². The number of phenolic OH excluding ortho intramolecular Hbond substituents is 2. The first-order valence-electron chi connectivity index (χ1n) is 48.3. The van der Waals surface area contributed by atoms with Gasteiger partial charge in [0.2, 0.25) is 82.7 Å². The number of guanidine groups is 5. The molecule has 0 spiro atoms. The normalized spacial score (nSPS) is 14.6. The number of likely N-dealkylation sites (tertiary alicyclic amines) is 1. The van der Waals surface area contributed by atoms with Crippen molar-refractivity contribution in [2.45, 2.75) is 233 Å². The fourth-order valence-corrected chi connectivity index (χ4v) is 16.2. The third-order valence-electron chi connectivity index (χ3n) is 23.3. The van der Waals surface area contributed by atoms with E-state index in [0.717, 1.165) is 15.7 Å². The summed E-state index contributed by atoms with van der Waals surface area (Å²) in [6.07, 6.45) is -1.68. The molecule has 44 N–H and O–H groups in total. The highest BCUT2D eigenvalue weighted by molar-refractivity contribution is 7.80. The number of nitrogens with one attached hydrogen (secondary N) is 25. The summed E-state index contributed by atoms with van der Waals surface area (Å²) in [7, 11) is 0. The van der Waals surface area contributed by atoms with Crippen molar-refractivity contribution in [3.05, 3.63) is 108 Å². The van der Waals surface area contributed by atoms with Gasteiger partial charge in [-0.2, -0.15) is 25.3 Å². The van der Waals surface area contributed by atoms with Crippen LogP contribution >= 0.6 is 25.3 Å². The highest BCUT2D eigenvalue weighted by Gasteiger charge is 2.42. The number of carboxylic acids is 1. The maximum Gasteiger partial charge on any atom is 0.326 e. The number of urea groups is 2. The molecule has 4 aromatic rings. The number of aliphatic carboxylic acids is 1. The molecule has 1 heterocycles. The molecule has 0 bridgehead atoms. The van der Waals surface area contributed by atoms with Crippen LogP contribution in [-0.2, 0) is 91.2 Å². The van der Waals surface area contributed by atoms with E-state index in [1.807, 2.05) is 18.2 Å². The second-order valence-electron chi connectivity index (χ2n) is 35.1. The van der Waals surface area contributed by atoms with Crippen molar-refractivity contribution < 1.29 is 96.8 Å². The average Bonchev–Trinajstić information content (AvgIpc) is 1.59. The monoisotopic (exact) mass is 2110 g/mol. The minimum Gasteiger partial charge on any atom is -0.508 e. The number of nitrogens with two attached hydrogens (primary N) is 8.